The number of ketones is 1. The van der Waals surface area contributed by atoms with Crippen LogP contribution in [-0.4, -0.2) is 5.78 Å². The average Bonchev–Trinajstić information content (AvgIpc) is 3.07. The Morgan fingerprint density at radius 3 is 2.22 bits per heavy atom. The number of hydrogen-bond acceptors (Lipinski definition) is 2. The van der Waals surface area contributed by atoms with Crippen molar-refractivity contribution < 1.29 is 4.79 Å². The first kappa shape index (κ1) is 13.1. The highest BCUT2D eigenvalue weighted by Gasteiger charge is 2.50. The van der Waals surface area contributed by atoms with Gasteiger partial charge >= 0.3 is 0 Å². The Morgan fingerprint density at radius 2 is 1.78 bits per heavy atom. The summed E-state index contributed by atoms with van der Waals surface area (Å²) in [5, 5.41) is 0. The maximum Gasteiger partial charge on any atom is 0.143 e. The number of Topliss-reactive ketones (excluding diaryl/α,β-unsaturated/α-hetero) is 1. The van der Waals surface area contributed by atoms with E-state index in [4.69, 9.17) is 5.73 Å². The Kier molecular flexibility index (Phi) is 3.22. The molecular formula is C16H23NO. The molecule has 0 bridgehead atoms. The van der Waals surface area contributed by atoms with Crippen molar-refractivity contribution in [3.05, 3.63) is 29.8 Å². The number of hydrogen-bond donors (Lipinski definition) is 1. The highest BCUT2D eigenvalue weighted by molar-refractivity contribution is 5.93. The second-order valence-electron chi connectivity index (χ2n) is 6.69. The van der Waals surface area contributed by atoms with E-state index in [1.165, 1.54) is 0 Å². The average molecular weight is 245 g/mol. The van der Waals surface area contributed by atoms with Gasteiger partial charge in [-0.15, -0.1) is 0 Å². The van der Waals surface area contributed by atoms with Gasteiger partial charge < -0.3 is 5.73 Å². The summed E-state index contributed by atoms with van der Waals surface area (Å²) in [7, 11) is 0. The van der Waals surface area contributed by atoms with Crippen LogP contribution in [-0.2, 0) is 10.2 Å². The summed E-state index contributed by atoms with van der Waals surface area (Å²) < 4.78 is 0. The molecule has 2 nitrogen and oxygen atoms in total. The van der Waals surface area contributed by atoms with E-state index < -0.39 is 0 Å². The number of carbonyl (C=O) groups excluding carboxylic acids is 1. The minimum absolute atomic E-state index is 0.182. The predicted molar refractivity (Wildman–Crippen MR) is 75.5 cm³/mol. The minimum atomic E-state index is -0.182. The molecule has 0 amide bonds. The van der Waals surface area contributed by atoms with Crippen molar-refractivity contribution >= 4 is 11.5 Å². The first-order valence-corrected chi connectivity index (χ1v) is 6.73. The van der Waals surface area contributed by atoms with Crippen LogP contribution < -0.4 is 5.73 Å². The molecular weight excluding hydrogens is 222 g/mol. The van der Waals surface area contributed by atoms with Gasteiger partial charge in [-0.05, 0) is 42.4 Å². The first-order chi connectivity index (χ1) is 8.33. The van der Waals surface area contributed by atoms with E-state index >= 15 is 0 Å². The second kappa shape index (κ2) is 4.42. The third kappa shape index (κ3) is 2.74. The molecule has 0 spiro atoms. The van der Waals surface area contributed by atoms with Crippen molar-refractivity contribution in [3.63, 3.8) is 0 Å². The molecule has 1 saturated carbocycles. The van der Waals surface area contributed by atoms with Crippen LogP contribution >= 0.6 is 0 Å². The van der Waals surface area contributed by atoms with Crippen LogP contribution in [0.15, 0.2) is 24.3 Å². The van der Waals surface area contributed by atoms with Crippen molar-refractivity contribution in [3.8, 4) is 0 Å². The summed E-state index contributed by atoms with van der Waals surface area (Å²) in [5.74, 6) is 0.405. The fourth-order valence-electron chi connectivity index (χ4n) is 2.38. The van der Waals surface area contributed by atoms with Crippen molar-refractivity contribution in [2.75, 3.05) is 5.73 Å². The lowest BCUT2D eigenvalue weighted by molar-refractivity contribution is -0.122. The van der Waals surface area contributed by atoms with Gasteiger partial charge in [0.25, 0.3) is 0 Å². The van der Waals surface area contributed by atoms with Crippen LogP contribution in [0.25, 0.3) is 0 Å². The fraction of sp³-hybridized carbons (Fsp3) is 0.562. The Labute approximate surface area is 110 Å². The van der Waals surface area contributed by atoms with Gasteiger partial charge in [0.15, 0.2) is 0 Å². The lowest BCUT2D eigenvalue weighted by Gasteiger charge is -2.20. The molecule has 2 N–H and O–H groups in total. The molecule has 0 unspecified atom stereocenters. The smallest absolute Gasteiger partial charge is 0.143 e. The maximum atomic E-state index is 12.4. The number of rotatable bonds is 4. The van der Waals surface area contributed by atoms with Crippen molar-refractivity contribution in [2.45, 2.75) is 51.9 Å². The lowest BCUT2D eigenvalue weighted by atomic mass is 9.83. The Balaban J connectivity index is 2.07. The minimum Gasteiger partial charge on any atom is -0.399 e. The molecule has 1 fully saturated rings. The zero-order valence-electron chi connectivity index (χ0n) is 11.6. The molecule has 0 aliphatic heterocycles. The van der Waals surface area contributed by atoms with Crippen LogP contribution in [0.1, 0.15) is 52.0 Å². The van der Waals surface area contributed by atoms with Crippen LogP contribution in [0.5, 0.6) is 0 Å². The quantitative estimate of drug-likeness (QED) is 0.822. The summed E-state index contributed by atoms with van der Waals surface area (Å²) in [4.78, 5) is 12.4. The zero-order valence-corrected chi connectivity index (χ0v) is 11.6. The fourth-order valence-corrected chi connectivity index (χ4v) is 2.38. The van der Waals surface area contributed by atoms with E-state index in [0.29, 0.717) is 12.2 Å². The monoisotopic (exact) mass is 245 g/mol. The van der Waals surface area contributed by atoms with E-state index in [-0.39, 0.29) is 10.8 Å². The van der Waals surface area contributed by atoms with Crippen molar-refractivity contribution in [2.24, 2.45) is 5.41 Å². The summed E-state index contributed by atoms with van der Waals surface area (Å²) >= 11 is 0. The predicted octanol–water partition coefficient (Wildman–Crippen LogP) is 3.70. The molecule has 1 aliphatic carbocycles. The molecule has 1 aromatic rings. The van der Waals surface area contributed by atoms with Gasteiger partial charge in [0.05, 0.1) is 5.41 Å². The highest BCUT2D eigenvalue weighted by Crippen LogP contribution is 2.50. The standard InChI is InChI=1S/C16H23NO/c1-15(2,3)9-8-14(18)16(10-11-16)12-4-6-13(17)7-5-12/h4-7H,8-11,17H2,1-3H3. The SMILES string of the molecule is CC(C)(C)CCC(=O)C1(c2ccc(N)cc2)CC1. The van der Waals surface area contributed by atoms with Gasteiger partial charge in [0, 0.05) is 12.1 Å². The van der Waals surface area contributed by atoms with Gasteiger partial charge in [0.2, 0.25) is 0 Å². The largest absolute Gasteiger partial charge is 0.399 e. The molecule has 2 rings (SSSR count). The van der Waals surface area contributed by atoms with Gasteiger partial charge in [0.1, 0.15) is 5.78 Å². The summed E-state index contributed by atoms with van der Waals surface area (Å²) in [6.45, 7) is 6.55. The van der Waals surface area contributed by atoms with Gasteiger partial charge in [-0.2, -0.15) is 0 Å². The topological polar surface area (TPSA) is 43.1 Å². The molecule has 2 heteroatoms. The van der Waals surface area contributed by atoms with Gasteiger partial charge in [-0.1, -0.05) is 32.9 Å². The van der Waals surface area contributed by atoms with Crippen molar-refractivity contribution in [1.29, 1.82) is 0 Å². The lowest BCUT2D eigenvalue weighted by Crippen LogP contribution is -2.22. The molecule has 0 aromatic heterocycles. The van der Waals surface area contributed by atoms with Crippen LogP contribution in [0.3, 0.4) is 0 Å². The Hall–Kier alpha value is -1.31. The number of nitrogen functional groups attached to an aromatic ring is 1. The molecule has 1 aromatic carbocycles. The summed E-state index contributed by atoms with van der Waals surface area (Å²) in [5.41, 5.74) is 7.65. The Morgan fingerprint density at radius 1 is 1.22 bits per heavy atom. The maximum absolute atomic E-state index is 12.4. The van der Waals surface area contributed by atoms with Crippen LogP contribution in [0.2, 0.25) is 0 Å². The molecule has 0 radical (unpaired) electrons. The number of nitrogens with two attached hydrogens (primary N) is 1. The molecule has 0 heterocycles. The highest BCUT2D eigenvalue weighted by atomic mass is 16.1. The Bertz CT molecular complexity index is 435. The number of benzene rings is 1. The van der Waals surface area contributed by atoms with E-state index in [9.17, 15) is 4.79 Å². The molecule has 0 atom stereocenters. The zero-order chi connectivity index (χ0) is 13.4. The molecule has 98 valence electrons. The molecule has 0 saturated heterocycles. The summed E-state index contributed by atoms with van der Waals surface area (Å²) in [6.07, 6.45) is 3.65. The van der Waals surface area contributed by atoms with Gasteiger partial charge in [-0.3, -0.25) is 4.79 Å². The van der Waals surface area contributed by atoms with E-state index in [1.807, 2.05) is 24.3 Å². The number of anilines is 1. The van der Waals surface area contributed by atoms with Crippen LogP contribution in [0.4, 0.5) is 5.69 Å². The molecule has 18 heavy (non-hydrogen) atoms. The molecule has 1 aliphatic rings. The van der Waals surface area contributed by atoms with Crippen molar-refractivity contribution in [1.82, 2.24) is 0 Å². The van der Waals surface area contributed by atoms with Crippen LogP contribution in [0, 0.1) is 5.41 Å². The normalized spacial score (nSPS) is 17.5. The van der Waals surface area contributed by atoms with E-state index in [0.717, 1.165) is 30.5 Å². The summed E-state index contributed by atoms with van der Waals surface area (Å²) in [6, 6.07) is 7.81. The van der Waals surface area contributed by atoms with E-state index in [2.05, 4.69) is 20.8 Å². The first-order valence-electron chi connectivity index (χ1n) is 6.73. The number of carbonyl (C=O) groups is 1. The third-order valence-electron chi connectivity index (χ3n) is 3.85. The third-order valence-corrected chi connectivity index (χ3v) is 3.85. The van der Waals surface area contributed by atoms with Gasteiger partial charge in [-0.25, -0.2) is 0 Å². The van der Waals surface area contributed by atoms with E-state index in [1.54, 1.807) is 0 Å². The second-order valence-corrected chi connectivity index (χ2v) is 6.69.